The predicted molar refractivity (Wildman–Crippen MR) is 74.8 cm³/mol. The van der Waals surface area contributed by atoms with Gasteiger partial charge in [0.25, 0.3) is 0 Å². The Labute approximate surface area is 120 Å². The van der Waals surface area contributed by atoms with Crippen LogP contribution in [0.3, 0.4) is 0 Å². The average molecular weight is 282 g/mol. The first-order chi connectivity index (χ1) is 9.72. The summed E-state index contributed by atoms with van der Waals surface area (Å²) in [6, 6.07) is 10.8. The molecule has 0 aliphatic heterocycles. The molecule has 2 aromatic rings. The molecule has 0 amide bonds. The molecule has 20 heavy (non-hydrogen) atoms. The first kappa shape index (κ1) is 13.7. The van der Waals surface area contributed by atoms with E-state index in [1.54, 1.807) is 12.1 Å². The number of rotatable bonds is 3. The lowest BCUT2D eigenvalue weighted by atomic mass is 10.1. The van der Waals surface area contributed by atoms with Gasteiger partial charge >= 0.3 is 0 Å². The van der Waals surface area contributed by atoms with E-state index >= 15 is 0 Å². The minimum atomic E-state index is -0.130. The van der Waals surface area contributed by atoms with E-state index in [2.05, 4.69) is 15.0 Å². The predicted octanol–water partition coefficient (Wildman–Crippen LogP) is 2.79. The molecule has 96 valence electrons. The highest BCUT2D eigenvalue weighted by Gasteiger charge is 2.01. The second-order valence-electron chi connectivity index (χ2n) is 3.81. The Balaban J connectivity index is 2.15. The zero-order chi connectivity index (χ0) is 14.4. The SMILES string of the molecule is N#CC(C#N)=NCc1ccc(-c2ncc(Cl)cn2)cc1. The zero-order valence-corrected chi connectivity index (χ0v) is 11.0. The van der Waals surface area contributed by atoms with E-state index in [0.717, 1.165) is 11.1 Å². The van der Waals surface area contributed by atoms with Gasteiger partial charge in [-0.15, -0.1) is 0 Å². The molecule has 0 aliphatic rings. The third kappa shape index (κ3) is 3.38. The topological polar surface area (TPSA) is 85.7 Å². The van der Waals surface area contributed by atoms with Crippen LogP contribution in [0.5, 0.6) is 0 Å². The van der Waals surface area contributed by atoms with Gasteiger partial charge in [0, 0.05) is 18.0 Å². The van der Waals surface area contributed by atoms with Crippen molar-refractivity contribution in [2.75, 3.05) is 0 Å². The third-order valence-electron chi connectivity index (χ3n) is 2.46. The van der Waals surface area contributed by atoms with Crippen LogP contribution in [0.1, 0.15) is 5.56 Å². The quantitative estimate of drug-likeness (QED) is 0.810. The van der Waals surface area contributed by atoms with Crippen LogP contribution < -0.4 is 0 Å². The fourth-order valence-electron chi connectivity index (χ4n) is 1.49. The second kappa shape index (κ2) is 6.42. The maximum absolute atomic E-state index is 8.59. The van der Waals surface area contributed by atoms with Crippen LogP contribution in [-0.4, -0.2) is 15.7 Å². The molecule has 0 radical (unpaired) electrons. The molecule has 0 saturated carbocycles. The molecule has 1 heterocycles. The van der Waals surface area contributed by atoms with Gasteiger partial charge in [0.2, 0.25) is 5.71 Å². The molecule has 5 nitrogen and oxygen atoms in total. The molecule has 0 N–H and O–H groups in total. The van der Waals surface area contributed by atoms with Crippen molar-refractivity contribution in [3.05, 3.63) is 47.2 Å². The van der Waals surface area contributed by atoms with Gasteiger partial charge in [-0.3, -0.25) is 4.99 Å². The minimum absolute atomic E-state index is 0.130. The number of aliphatic imine (C=N–C) groups is 1. The maximum atomic E-state index is 8.59. The Morgan fingerprint density at radius 2 is 1.70 bits per heavy atom. The summed E-state index contributed by atoms with van der Waals surface area (Å²) in [6.45, 7) is 0.290. The molecule has 0 atom stereocenters. The molecule has 6 heteroatoms. The summed E-state index contributed by atoms with van der Waals surface area (Å²) in [5.41, 5.74) is 1.62. The summed E-state index contributed by atoms with van der Waals surface area (Å²) < 4.78 is 0. The van der Waals surface area contributed by atoms with Gasteiger partial charge in [-0.1, -0.05) is 35.9 Å². The first-order valence-electron chi connectivity index (χ1n) is 5.64. The molecule has 0 bridgehead atoms. The lowest BCUT2D eigenvalue weighted by molar-refractivity contribution is 1.07. The van der Waals surface area contributed by atoms with E-state index in [1.807, 2.05) is 24.3 Å². The molecule has 0 aliphatic carbocycles. The van der Waals surface area contributed by atoms with E-state index in [-0.39, 0.29) is 12.3 Å². The minimum Gasteiger partial charge on any atom is -0.260 e. The standard InChI is InChI=1S/C14H8ClN5/c15-12-8-19-14(20-9-12)11-3-1-10(2-4-11)7-18-13(5-16)6-17/h1-4,8-9H,7H2. The molecule has 0 saturated heterocycles. The number of benzene rings is 1. The van der Waals surface area contributed by atoms with Crippen molar-refractivity contribution in [2.24, 2.45) is 4.99 Å². The lowest BCUT2D eigenvalue weighted by Crippen LogP contribution is -1.92. The Kier molecular flexibility index (Phi) is 4.39. The van der Waals surface area contributed by atoms with Crippen molar-refractivity contribution in [3.8, 4) is 23.5 Å². The molecule has 1 aromatic carbocycles. The number of nitriles is 2. The highest BCUT2D eigenvalue weighted by Crippen LogP contribution is 2.16. The van der Waals surface area contributed by atoms with Gasteiger partial charge in [-0.25, -0.2) is 9.97 Å². The summed E-state index contributed by atoms with van der Waals surface area (Å²) in [7, 11) is 0. The monoisotopic (exact) mass is 281 g/mol. The number of aromatic nitrogens is 2. The lowest BCUT2D eigenvalue weighted by Gasteiger charge is -2.01. The summed E-state index contributed by atoms with van der Waals surface area (Å²) >= 11 is 5.73. The normalized spacial score (nSPS) is 9.35. The van der Waals surface area contributed by atoms with Gasteiger partial charge < -0.3 is 0 Å². The highest BCUT2D eigenvalue weighted by atomic mass is 35.5. The van der Waals surface area contributed by atoms with Crippen molar-refractivity contribution < 1.29 is 0 Å². The van der Waals surface area contributed by atoms with E-state index in [4.69, 9.17) is 22.1 Å². The highest BCUT2D eigenvalue weighted by molar-refractivity contribution is 6.30. The Morgan fingerprint density at radius 1 is 1.10 bits per heavy atom. The van der Waals surface area contributed by atoms with Gasteiger partial charge in [0.05, 0.1) is 11.6 Å². The molecule has 0 spiro atoms. The zero-order valence-electron chi connectivity index (χ0n) is 10.3. The number of halogens is 1. The van der Waals surface area contributed by atoms with Gasteiger partial charge in [0.1, 0.15) is 12.1 Å². The van der Waals surface area contributed by atoms with Gasteiger partial charge in [-0.2, -0.15) is 10.5 Å². The van der Waals surface area contributed by atoms with Crippen molar-refractivity contribution in [2.45, 2.75) is 6.54 Å². The van der Waals surface area contributed by atoms with Crippen LogP contribution in [0.25, 0.3) is 11.4 Å². The fourth-order valence-corrected chi connectivity index (χ4v) is 1.58. The van der Waals surface area contributed by atoms with E-state index in [0.29, 0.717) is 10.8 Å². The van der Waals surface area contributed by atoms with Crippen LogP contribution in [-0.2, 0) is 6.54 Å². The van der Waals surface area contributed by atoms with Crippen LogP contribution in [0, 0.1) is 22.7 Å². The van der Waals surface area contributed by atoms with Crippen LogP contribution in [0.2, 0.25) is 5.02 Å². The second-order valence-corrected chi connectivity index (χ2v) is 4.25. The van der Waals surface area contributed by atoms with Crippen LogP contribution in [0.4, 0.5) is 0 Å². The summed E-state index contributed by atoms with van der Waals surface area (Å²) in [5, 5.41) is 17.7. The van der Waals surface area contributed by atoms with Crippen molar-refractivity contribution >= 4 is 17.3 Å². The van der Waals surface area contributed by atoms with Gasteiger partial charge in [-0.05, 0) is 5.56 Å². The van der Waals surface area contributed by atoms with Crippen LogP contribution in [0.15, 0.2) is 41.7 Å². The Bertz CT molecular complexity index is 689. The smallest absolute Gasteiger partial charge is 0.213 e. The molecule has 2 rings (SSSR count). The number of hydrogen-bond acceptors (Lipinski definition) is 5. The van der Waals surface area contributed by atoms with Crippen LogP contribution >= 0.6 is 11.6 Å². The van der Waals surface area contributed by atoms with Gasteiger partial charge in [0.15, 0.2) is 5.82 Å². The number of hydrogen-bond donors (Lipinski definition) is 0. The molecule has 0 unspecified atom stereocenters. The van der Waals surface area contributed by atoms with Crippen molar-refractivity contribution in [1.82, 2.24) is 9.97 Å². The summed E-state index contributed by atoms with van der Waals surface area (Å²) in [6.07, 6.45) is 3.07. The number of nitrogens with zero attached hydrogens (tertiary/aromatic N) is 5. The van der Waals surface area contributed by atoms with E-state index < -0.39 is 0 Å². The molecular formula is C14H8ClN5. The molecule has 0 fully saturated rings. The fraction of sp³-hybridized carbons (Fsp3) is 0.0714. The molecular weight excluding hydrogens is 274 g/mol. The van der Waals surface area contributed by atoms with E-state index in [1.165, 1.54) is 12.4 Å². The largest absolute Gasteiger partial charge is 0.260 e. The average Bonchev–Trinajstić information content (AvgIpc) is 2.50. The van der Waals surface area contributed by atoms with Crippen molar-refractivity contribution in [1.29, 1.82) is 10.5 Å². The molecule has 1 aromatic heterocycles. The van der Waals surface area contributed by atoms with E-state index in [9.17, 15) is 0 Å². The first-order valence-corrected chi connectivity index (χ1v) is 6.02. The van der Waals surface area contributed by atoms with Crippen molar-refractivity contribution in [3.63, 3.8) is 0 Å². The summed E-state index contributed by atoms with van der Waals surface area (Å²) in [4.78, 5) is 12.1. The Hall–Kier alpha value is -2.76. The summed E-state index contributed by atoms with van der Waals surface area (Å²) in [5.74, 6) is 0.583. The Morgan fingerprint density at radius 3 is 2.25 bits per heavy atom. The third-order valence-corrected chi connectivity index (χ3v) is 2.66. The maximum Gasteiger partial charge on any atom is 0.213 e.